The van der Waals surface area contributed by atoms with Crippen molar-refractivity contribution in [3.8, 4) is 5.75 Å². The third-order valence-corrected chi connectivity index (χ3v) is 7.79. The van der Waals surface area contributed by atoms with Gasteiger partial charge in [-0.1, -0.05) is 48.5 Å². The molecule has 1 saturated heterocycles. The summed E-state index contributed by atoms with van der Waals surface area (Å²) in [6, 6.07) is 15.6. The average Bonchev–Trinajstić information content (AvgIpc) is 3.34. The number of hydrogen-bond acceptors (Lipinski definition) is 10. The molecule has 4 rings (SSSR count). The van der Waals surface area contributed by atoms with Gasteiger partial charge in [0.15, 0.2) is 0 Å². The molecule has 0 radical (unpaired) electrons. The van der Waals surface area contributed by atoms with Gasteiger partial charge in [-0.3, -0.25) is 23.7 Å². The number of aromatic nitrogens is 2. The molecule has 2 heterocycles. The summed E-state index contributed by atoms with van der Waals surface area (Å²) in [6.45, 7) is 0.504. The maximum Gasteiger partial charge on any atom is 0.459 e. The maximum atomic E-state index is 13.9. The number of carbonyl (C=O) groups is 1. The second-order valence-electron chi connectivity index (χ2n) is 9.17. The molecule has 3 aromatic rings. The van der Waals surface area contributed by atoms with Crippen LogP contribution in [0.3, 0.4) is 0 Å². The lowest BCUT2D eigenvalue weighted by Gasteiger charge is -2.29. The standard InChI is InChI=1S/C26H29FN3O10P/c1-16(25(34)37-15-17-8-4-2-5-9-17)29-41(36,39-18-10-6-3-7-11-18)40-21(14-31)23-20(32)12-22(38-23)30-13-19(27)24(33)28-26(30)35/h2-11,13,16,20-23,31-32H,12,14-15H2,1H3,(H,29,36)(H,28,33,35)/t16-,20-,21+,22+,23-,41+/m0/s1. The molecule has 1 aromatic heterocycles. The molecule has 4 N–H and O–H groups in total. The molecule has 13 nitrogen and oxygen atoms in total. The topological polar surface area (TPSA) is 178 Å². The van der Waals surface area contributed by atoms with Crippen molar-refractivity contribution >= 4 is 13.7 Å². The van der Waals surface area contributed by atoms with Crippen LogP contribution >= 0.6 is 7.75 Å². The Bertz CT molecular complexity index is 1490. The predicted molar refractivity (Wildman–Crippen MR) is 141 cm³/mol. The van der Waals surface area contributed by atoms with Gasteiger partial charge in [0.25, 0.3) is 5.56 Å². The van der Waals surface area contributed by atoms with Crippen molar-refractivity contribution in [3.63, 3.8) is 0 Å². The van der Waals surface area contributed by atoms with Gasteiger partial charge < -0.3 is 24.2 Å². The molecular weight excluding hydrogens is 564 g/mol. The first-order valence-corrected chi connectivity index (χ1v) is 14.1. The van der Waals surface area contributed by atoms with Crippen LogP contribution in [0.2, 0.25) is 0 Å². The first kappa shape index (κ1) is 30.3. The number of benzene rings is 2. The number of ether oxygens (including phenoxy) is 2. The Morgan fingerprint density at radius 2 is 1.85 bits per heavy atom. The van der Waals surface area contributed by atoms with E-state index in [1.807, 2.05) is 6.07 Å². The molecule has 2 aromatic carbocycles. The molecule has 0 spiro atoms. The number of carbonyl (C=O) groups excluding carboxylic acids is 1. The van der Waals surface area contributed by atoms with Gasteiger partial charge in [-0.05, 0) is 24.6 Å². The highest BCUT2D eigenvalue weighted by Gasteiger charge is 2.45. The van der Waals surface area contributed by atoms with Crippen LogP contribution in [-0.2, 0) is 30.0 Å². The summed E-state index contributed by atoms with van der Waals surface area (Å²) >= 11 is 0. The Hall–Kier alpha value is -3.65. The van der Waals surface area contributed by atoms with Gasteiger partial charge in [-0.25, -0.2) is 9.36 Å². The Kier molecular flexibility index (Phi) is 9.86. The number of halogens is 1. The summed E-state index contributed by atoms with van der Waals surface area (Å²) in [5.74, 6) is -1.92. The first-order valence-electron chi connectivity index (χ1n) is 12.6. The maximum absolute atomic E-state index is 13.9. The predicted octanol–water partition coefficient (Wildman–Crippen LogP) is 1.61. The van der Waals surface area contributed by atoms with Gasteiger partial charge >= 0.3 is 19.4 Å². The van der Waals surface area contributed by atoms with Crippen LogP contribution < -0.4 is 20.9 Å². The Morgan fingerprint density at radius 1 is 1.20 bits per heavy atom. The zero-order valence-electron chi connectivity index (χ0n) is 21.8. The molecule has 6 atom stereocenters. The summed E-state index contributed by atoms with van der Waals surface area (Å²) in [4.78, 5) is 38.0. The number of esters is 1. The number of aliphatic hydroxyl groups excluding tert-OH is 2. The minimum atomic E-state index is -4.49. The number of nitrogens with zero attached hydrogens (tertiary/aromatic N) is 1. The van der Waals surface area contributed by atoms with E-state index in [1.165, 1.54) is 19.1 Å². The van der Waals surface area contributed by atoms with Crippen molar-refractivity contribution in [2.24, 2.45) is 0 Å². The molecule has 0 amide bonds. The lowest BCUT2D eigenvalue weighted by Crippen LogP contribution is -2.42. The second kappa shape index (κ2) is 13.3. The first-order chi connectivity index (χ1) is 19.6. The van der Waals surface area contributed by atoms with Gasteiger partial charge in [-0.2, -0.15) is 9.48 Å². The second-order valence-corrected chi connectivity index (χ2v) is 10.8. The molecule has 1 aliphatic rings. The molecule has 0 unspecified atom stereocenters. The largest absolute Gasteiger partial charge is 0.460 e. The van der Waals surface area contributed by atoms with E-state index in [-0.39, 0.29) is 18.8 Å². The average molecular weight is 594 g/mol. The fourth-order valence-corrected chi connectivity index (χ4v) is 5.75. The SMILES string of the molecule is C[C@H](N[P@@](=O)(Oc1ccccc1)O[C@H](CO)[C@H]1O[C@@H](n2cc(F)c(=O)[nH]c2=O)C[C@@H]1O)C(=O)OCc1ccccc1. The van der Waals surface area contributed by atoms with Gasteiger partial charge in [0.05, 0.1) is 18.9 Å². The van der Waals surface area contributed by atoms with E-state index in [9.17, 15) is 33.6 Å². The van der Waals surface area contributed by atoms with Crippen LogP contribution in [0.4, 0.5) is 4.39 Å². The van der Waals surface area contributed by atoms with E-state index in [2.05, 4.69) is 5.09 Å². The fourth-order valence-electron chi connectivity index (χ4n) is 4.07. The molecule has 220 valence electrons. The van der Waals surface area contributed by atoms with E-state index in [1.54, 1.807) is 47.4 Å². The Balaban J connectivity index is 1.51. The van der Waals surface area contributed by atoms with E-state index < -0.39 is 68.0 Å². The molecule has 1 fully saturated rings. The zero-order chi connectivity index (χ0) is 29.6. The van der Waals surface area contributed by atoms with Crippen molar-refractivity contribution in [3.05, 3.63) is 99.1 Å². The molecule has 0 bridgehead atoms. The van der Waals surface area contributed by atoms with Crippen molar-refractivity contribution in [2.75, 3.05) is 6.61 Å². The molecular formula is C26H29FN3O10P. The van der Waals surface area contributed by atoms with Gasteiger partial charge in [-0.15, -0.1) is 0 Å². The lowest BCUT2D eigenvalue weighted by molar-refractivity contribution is -0.146. The summed E-state index contributed by atoms with van der Waals surface area (Å²) in [5.41, 5.74) is -1.48. The highest BCUT2D eigenvalue weighted by Crippen LogP contribution is 2.47. The van der Waals surface area contributed by atoms with Crippen LogP contribution in [0, 0.1) is 5.82 Å². The fraction of sp³-hybridized carbons (Fsp3) is 0.346. The van der Waals surface area contributed by atoms with Crippen molar-refractivity contribution in [1.29, 1.82) is 0 Å². The number of nitrogens with one attached hydrogen (secondary N) is 2. The van der Waals surface area contributed by atoms with E-state index in [4.69, 9.17) is 18.5 Å². The number of para-hydroxylation sites is 1. The van der Waals surface area contributed by atoms with Crippen molar-refractivity contribution in [2.45, 2.75) is 50.5 Å². The van der Waals surface area contributed by atoms with Crippen LogP contribution in [0.25, 0.3) is 0 Å². The van der Waals surface area contributed by atoms with Crippen LogP contribution in [0.5, 0.6) is 5.75 Å². The van der Waals surface area contributed by atoms with Gasteiger partial charge in [0, 0.05) is 6.42 Å². The normalized spacial score (nSPS) is 21.5. The van der Waals surface area contributed by atoms with Crippen LogP contribution in [0.1, 0.15) is 25.1 Å². The monoisotopic (exact) mass is 593 g/mol. The highest BCUT2D eigenvalue weighted by atomic mass is 31.2. The third-order valence-electron chi connectivity index (χ3n) is 6.09. The summed E-state index contributed by atoms with van der Waals surface area (Å²) in [6.07, 6.45) is -5.13. The summed E-state index contributed by atoms with van der Waals surface area (Å²) in [7, 11) is -4.49. The number of aromatic amines is 1. The van der Waals surface area contributed by atoms with Crippen LogP contribution in [0.15, 0.2) is 76.4 Å². The smallest absolute Gasteiger partial charge is 0.459 e. The molecule has 41 heavy (non-hydrogen) atoms. The molecule has 15 heteroatoms. The third kappa shape index (κ3) is 7.76. The van der Waals surface area contributed by atoms with E-state index in [0.29, 0.717) is 6.20 Å². The molecule has 1 aliphatic heterocycles. The lowest BCUT2D eigenvalue weighted by atomic mass is 10.1. The van der Waals surface area contributed by atoms with E-state index in [0.717, 1.165) is 10.1 Å². The van der Waals surface area contributed by atoms with Crippen molar-refractivity contribution < 1.29 is 42.5 Å². The number of H-pyrrole nitrogens is 1. The van der Waals surface area contributed by atoms with Crippen LogP contribution in [-0.4, -0.2) is 56.7 Å². The number of rotatable bonds is 12. The zero-order valence-corrected chi connectivity index (χ0v) is 22.7. The summed E-state index contributed by atoms with van der Waals surface area (Å²) in [5, 5.41) is 23.2. The van der Waals surface area contributed by atoms with Crippen molar-refractivity contribution in [1.82, 2.24) is 14.6 Å². The van der Waals surface area contributed by atoms with Gasteiger partial charge in [0.2, 0.25) is 5.82 Å². The minimum absolute atomic E-state index is 0.0378. The van der Waals surface area contributed by atoms with E-state index >= 15 is 0 Å². The summed E-state index contributed by atoms with van der Waals surface area (Å²) < 4.78 is 50.7. The van der Waals surface area contributed by atoms with Gasteiger partial charge in [0.1, 0.15) is 36.8 Å². The number of aliphatic hydroxyl groups is 2. The Labute approximate surface area is 233 Å². The number of hydrogen-bond donors (Lipinski definition) is 4. The quantitative estimate of drug-likeness (QED) is 0.177. The Morgan fingerprint density at radius 3 is 2.51 bits per heavy atom. The molecule has 0 saturated carbocycles. The molecule has 0 aliphatic carbocycles. The minimum Gasteiger partial charge on any atom is -0.460 e. The highest BCUT2D eigenvalue weighted by molar-refractivity contribution is 7.52.